The van der Waals surface area contributed by atoms with E-state index in [1.54, 1.807) is 11.1 Å². The molecule has 0 unspecified atom stereocenters. The zero-order chi connectivity index (χ0) is 20.6. The van der Waals surface area contributed by atoms with Crippen molar-refractivity contribution in [2.24, 2.45) is 0 Å². The number of sulfonamides is 1. The average Bonchev–Trinajstić information content (AvgIpc) is 2.67. The summed E-state index contributed by atoms with van der Waals surface area (Å²) in [6.45, 7) is 5.45. The summed E-state index contributed by atoms with van der Waals surface area (Å²) in [7, 11) is -3.49. The highest BCUT2D eigenvalue weighted by Crippen LogP contribution is 2.21. The van der Waals surface area contributed by atoms with E-state index in [4.69, 9.17) is 5.11 Å². The van der Waals surface area contributed by atoms with Crippen molar-refractivity contribution in [3.63, 3.8) is 0 Å². The van der Waals surface area contributed by atoms with Gasteiger partial charge in [0, 0.05) is 6.61 Å². The van der Waals surface area contributed by atoms with E-state index in [2.05, 4.69) is 0 Å². The van der Waals surface area contributed by atoms with Gasteiger partial charge in [-0.1, -0.05) is 85.4 Å². The number of benzene rings is 2. The number of nitrogens with zero attached hydrogens (tertiary/aromatic N) is 1. The number of hydrogen-bond donors (Lipinski definition) is 1. The van der Waals surface area contributed by atoms with Gasteiger partial charge in [0.05, 0.1) is 5.25 Å². The summed E-state index contributed by atoms with van der Waals surface area (Å²) in [5, 5.41) is 8.60. The van der Waals surface area contributed by atoms with Crippen LogP contribution in [-0.4, -0.2) is 43.2 Å². The van der Waals surface area contributed by atoms with Crippen LogP contribution in [0.5, 0.6) is 0 Å². The van der Waals surface area contributed by atoms with E-state index in [9.17, 15) is 8.42 Å². The third kappa shape index (κ3) is 6.23. The van der Waals surface area contributed by atoms with E-state index in [1.807, 2.05) is 74.3 Å². The van der Waals surface area contributed by atoms with Crippen LogP contribution in [0, 0.1) is 0 Å². The number of rotatable bonds is 11. The lowest BCUT2D eigenvalue weighted by Gasteiger charge is -2.33. The molecule has 0 heterocycles. The standard InChI is InChI=1S/C21H31B2NO3S/c1-19(11-10-16-25)28(26,27)24(22(2)17-20-12-6-4-7-13-20)23(3)18-21-14-8-5-9-15-21/h4-9,12-15,19,25H,10-11,16-18H2,1-3H3/t19-/m1/s1. The largest absolute Gasteiger partial charge is 0.396 e. The molecule has 7 heteroatoms. The van der Waals surface area contributed by atoms with Crippen LogP contribution in [0.2, 0.25) is 13.6 Å². The summed E-state index contributed by atoms with van der Waals surface area (Å²) >= 11 is 0. The Morgan fingerprint density at radius 1 is 0.893 bits per heavy atom. The van der Waals surface area contributed by atoms with Crippen LogP contribution in [0.15, 0.2) is 60.7 Å². The molecule has 0 amide bonds. The fraction of sp³-hybridized carbons (Fsp3) is 0.429. The van der Waals surface area contributed by atoms with Crippen molar-refractivity contribution in [3.05, 3.63) is 71.8 Å². The van der Waals surface area contributed by atoms with Crippen LogP contribution in [-0.2, 0) is 22.7 Å². The molecule has 1 N–H and O–H groups in total. The Morgan fingerprint density at radius 3 is 1.71 bits per heavy atom. The van der Waals surface area contributed by atoms with Crippen molar-refractivity contribution in [2.75, 3.05) is 6.61 Å². The minimum Gasteiger partial charge on any atom is -0.396 e. The molecule has 1 atom stereocenters. The molecule has 0 radical (unpaired) electrons. The quantitative estimate of drug-likeness (QED) is 0.588. The van der Waals surface area contributed by atoms with Crippen molar-refractivity contribution in [2.45, 2.75) is 51.3 Å². The lowest BCUT2D eigenvalue weighted by molar-refractivity contribution is 0.284. The first-order valence-corrected chi connectivity index (χ1v) is 11.6. The topological polar surface area (TPSA) is 57.6 Å². The fourth-order valence-corrected chi connectivity index (χ4v) is 5.79. The first kappa shape index (κ1) is 22.7. The molecule has 0 aliphatic carbocycles. The molecule has 0 aliphatic rings. The van der Waals surface area contributed by atoms with E-state index in [1.165, 1.54) is 0 Å². The molecule has 2 aromatic rings. The van der Waals surface area contributed by atoms with Gasteiger partial charge in [0.1, 0.15) is 0 Å². The zero-order valence-electron chi connectivity index (χ0n) is 17.2. The van der Waals surface area contributed by atoms with E-state index >= 15 is 0 Å². The van der Waals surface area contributed by atoms with Crippen molar-refractivity contribution < 1.29 is 13.5 Å². The van der Waals surface area contributed by atoms with E-state index in [-0.39, 0.29) is 20.3 Å². The molecule has 0 aromatic heterocycles. The fourth-order valence-electron chi connectivity index (χ4n) is 3.76. The third-order valence-corrected chi connectivity index (χ3v) is 7.75. The van der Waals surface area contributed by atoms with Gasteiger partial charge >= 0.3 is 0 Å². The summed E-state index contributed by atoms with van der Waals surface area (Å²) in [6, 6.07) is 20.0. The van der Waals surface area contributed by atoms with E-state index < -0.39 is 15.3 Å². The Labute approximate surface area is 171 Å². The molecule has 0 aliphatic heterocycles. The predicted octanol–water partition coefficient (Wildman–Crippen LogP) is 3.59. The first-order chi connectivity index (χ1) is 13.4. The normalized spacial score (nSPS) is 12.8. The summed E-state index contributed by atoms with van der Waals surface area (Å²) in [5.41, 5.74) is 2.26. The highest BCUT2D eigenvalue weighted by Gasteiger charge is 2.38. The third-order valence-electron chi connectivity index (χ3n) is 5.19. The Balaban J connectivity index is 2.28. The van der Waals surface area contributed by atoms with Crippen LogP contribution in [0.1, 0.15) is 30.9 Å². The molecule has 0 saturated heterocycles. The molecule has 150 valence electrons. The van der Waals surface area contributed by atoms with Crippen molar-refractivity contribution in [1.29, 1.82) is 0 Å². The van der Waals surface area contributed by atoms with Gasteiger partial charge in [-0.15, -0.1) is 0 Å². The summed E-state index contributed by atoms with van der Waals surface area (Å²) < 4.78 is 28.6. The average molecular weight is 399 g/mol. The van der Waals surface area contributed by atoms with Crippen molar-refractivity contribution in [1.82, 2.24) is 4.13 Å². The van der Waals surface area contributed by atoms with Crippen LogP contribution in [0.4, 0.5) is 0 Å². The highest BCUT2D eigenvalue weighted by molar-refractivity contribution is 7.92. The molecule has 2 aromatic carbocycles. The minimum absolute atomic E-state index is 0.0129. The predicted molar refractivity (Wildman–Crippen MR) is 120 cm³/mol. The van der Waals surface area contributed by atoms with Gasteiger partial charge in [-0.05, 0) is 32.4 Å². The molecule has 0 fully saturated rings. The van der Waals surface area contributed by atoms with Crippen LogP contribution < -0.4 is 0 Å². The van der Waals surface area contributed by atoms with Gasteiger partial charge in [0.25, 0.3) is 0 Å². The SMILES string of the molecule is CB(Cc1ccccc1)N(B(C)Cc1ccccc1)S(=O)(=O)[C@H](C)CCCO. The summed E-state index contributed by atoms with van der Waals surface area (Å²) in [5.74, 6) is 0. The second kappa shape index (κ2) is 10.8. The second-order valence-electron chi connectivity index (χ2n) is 7.63. The maximum Gasteiger partial charge on any atom is 0.228 e. The van der Waals surface area contributed by atoms with Crippen LogP contribution >= 0.6 is 0 Å². The monoisotopic (exact) mass is 399 g/mol. The Kier molecular flexibility index (Phi) is 8.80. The van der Waals surface area contributed by atoms with Crippen molar-refractivity contribution >= 4 is 23.7 Å². The first-order valence-electron chi connectivity index (χ1n) is 10.1. The molecular formula is C21H31B2NO3S. The van der Waals surface area contributed by atoms with Gasteiger partial charge in [0.2, 0.25) is 13.7 Å². The smallest absolute Gasteiger partial charge is 0.228 e. The minimum atomic E-state index is -3.49. The molecule has 0 saturated carbocycles. The molecule has 0 spiro atoms. The Morgan fingerprint density at radius 2 is 1.32 bits per heavy atom. The van der Waals surface area contributed by atoms with Crippen LogP contribution in [0.3, 0.4) is 0 Å². The van der Waals surface area contributed by atoms with E-state index in [0.717, 1.165) is 11.1 Å². The number of hydrogen-bond acceptors (Lipinski definition) is 3. The zero-order valence-corrected chi connectivity index (χ0v) is 18.0. The second-order valence-corrected chi connectivity index (χ2v) is 9.89. The molecular weight excluding hydrogens is 368 g/mol. The summed E-state index contributed by atoms with van der Waals surface area (Å²) in [6.07, 6.45) is 2.30. The van der Waals surface area contributed by atoms with Gasteiger partial charge < -0.3 is 5.11 Å². The van der Waals surface area contributed by atoms with Gasteiger partial charge in [-0.3, -0.25) is 4.13 Å². The molecule has 0 bridgehead atoms. The molecule has 28 heavy (non-hydrogen) atoms. The Hall–Kier alpha value is -1.56. The highest BCUT2D eigenvalue weighted by atomic mass is 32.2. The van der Waals surface area contributed by atoms with Crippen LogP contribution in [0.25, 0.3) is 0 Å². The maximum atomic E-state index is 13.4. The Bertz CT molecular complexity index is 755. The summed E-state index contributed by atoms with van der Waals surface area (Å²) in [4.78, 5) is 0. The van der Waals surface area contributed by atoms with Gasteiger partial charge in [-0.25, -0.2) is 8.42 Å². The van der Waals surface area contributed by atoms with Gasteiger partial charge in [0.15, 0.2) is 10.0 Å². The lowest BCUT2D eigenvalue weighted by atomic mass is 9.48. The lowest BCUT2D eigenvalue weighted by Crippen LogP contribution is -2.54. The maximum absolute atomic E-state index is 13.4. The number of aliphatic hydroxyl groups is 1. The number of aliphatic hydroxyl groups excluding tert-OH is 1. The van der Waals surface area contributed by atoms with Gasteiger partial charge in [-0.2, -0.15) is 0 Å². The van der Waals surface area contributed by atoms with Crippen molar-refractivity contribution in [3.8, 4) is 0 Å². The molecule has 4 nitrogen and oxygen atoms in total. The van der Waals surface area contributed by atoms with E-state index in [0.29, 0.717) is 25.5 Å². The molecule has 2 rings (SSSR count).